The number of hydroxylamine groups is 1. The smallest absolute Gasteiger partial charge is 0.126 e. The SMILES string of the molecule is CONC(=COc1ccc(CO)cc1)c1cccc(F)c1. The molecule has 0 atom stereocenters. The number of benzene rings is 2. The summed E-state index contributed by atoms with van der Waals surface area (Å²) in [5.74, 6) is 0.252. The molecule has 0 bridgehead atoms. The van der Waals surface area contributed by atoms with Crippen LogP contribution in [0.1, 0.15) is 11.1 Å². The number of hydrogen-bond acceptors (Lipinski definition) is 4. The van der Waals surface area contributed by atoms with Gasteiger partial charge in [0.05, 0.1) is 13.7 Å². The van der Waals surface area contributed by atoms with Gasteiger partial charge in [-0.25, -0.2) is 4.39 Å². The van der Waals surface area contributed by atoms with E-state index < -0.39 is 0 Å². The lowest BCUT2D eigenvalue weighted by molar-refractivity contribution is 0.135. The maximum Gasteiger partial charge on any atom is 0.126 e. The van der Waals surface area contributed by atoms with Gasteiger partial charge in [-0.15, -0.1) is 0 Å². The average molecular weight is 289 g/mol. The molecule has 0 aliphatic heterocycles. The third kappa shape index (κ3) is 4.30. The first kappa shape index (κ1) is 15.0. The molecule has 110 valence electrons. The monoisotopic (exact) mass is 289 g/mol. The summed E-state index contributed by atoms with van der Waals surface area (Å²) >= 11 is 0. The van der Waals surface area contributed by atoms with E-state index in [0.717, 1.165) is 5.56 Å². The first-order valence-corrected chi connectivity index (χ1v) is 6.34. The van der Waals surface area contributed by atoms with Gasteiger partial charge in [0.15, 0.2) is 0 Å². The molecule has 0 unspecified atom stereocenters. The Labute approximate surface area is 122 Å². The minimum atomic E-state index is -0.344. The summed E-state index contributed by atoms with van der Waals surface area (Å²) in [7, 11) is 1.46. The fourth-order valence-corrected chi connectivity index (χ4v) is 1.72. The quantitative estimate of drug-likeness (QED) is 0.634. The first-order chi connectivity index (χ1) is 10.2. The topological polar surface area (TPSA) is 50.7 Å². The van der Waals surface area contributed by atoms with E-state index in [1.54, 1.807) is 36.4 Å². The molecule has 21 heavy (non-hydrogen) atoms. The van der Waals surface area contributed by atoms with Crippen molar-refractivity contribution in [2.45, 2.75) is 6.61 Å². The highest BCUT2D eigenvalue weighted by Gasteiger charge is 2.03. The van der Waals surface area contributed by atoms with E-state index >= 15 is 0 Å². The predicted octanol–water partition coefficient (Wildman–Crippen LogP) is 2.85. The standard InChI is InChI=1S/C16H16FNO3/c1-20-18-16(13-3-2-4-14(17)9-13)11-21-15-7-5-12(10-19)6-8-15/h2-9,11,18-19H,10H2,1H3. The van der Waals surface area contributed by atoms with Crippen molar-refractivity contribution in [3.05, 3.63) is 71.7 Å². The van der Waals surface area contributed by atoms with Crippen molar-refractivity contribution >= 4 is 5.70 Å². The van der Waals surface area contributed by atoms with E-state index in [1.807, 2.05) is 0 Å². The minimum absolute atomic E-state index is 0.0180. The van der Waals surface area contributed by atoms with E-state index in [4.69, 9.17) is 14.7 Å². The fraction of sp³-hybridized carbons (Fsp3) is 0.125. The van der Waals surface area contributed by atoms with Crippen LogP contribution in [0.5, 0.6) is 5.75 Å². The maximum absolute atomic E-state index is 13.3. The van der Waals surface area contributed by atoms with Crippen LogP contribution in [0.25, 0.3) is 5.70 Å². The maximum atomic E-state index is 13.3. The first-order valence-electron chi connectivity index (χ1n) is 6.34. The van der Waals surface area contributed by atoms with E-state index in [9.17, 15) is 4.39 Å². The van der Waals surface area contributed by atoms with E-state index in [2.05, 4.69) is 5.48 Å². The highest BCUT2D eigenvalue weighted by atomic mass is 19.1. The number of aliphatic hydroxyl groups is 1. The zero-order chi connectivity index (χ0) is 15.1. The van der Waals surface area contributed by atoms with Crippen LogP contribution in [0.4, 0.5) is 4.39 Å². The third-order valence-electron chi connectivity index (χ3n) is 2.77. The Morgan fingerprint density at radius 3 is 2.62 bits per heavy atom. The lowest BCUT2D eigenvalue weighted by atomic mass is 10.2. The van der Waals surface area contributed by atoms with Crippen molar-refractivity contribution in [2.75, 3.05) is 7.11 Å². The van der Waals surface area contributed by atoms with Gasteiger partial charge >= 0.3 is 0 Å². The van der Waals surface area contributed by atoms with E-state index in [0.29, 0.717) is 17.0 Å². The fourth-order valence-electron chi connectivity index (χ4n) is 1.72. The van der Waals surface area contributed by atoms with Gasteiger partial charge in [-0.05, 0) is 29.8 Å². The van der Waals surface area contributed by atoms with Gasteiger partial charge in [-0.3, -0.25) is 10.3 Å². The molecule has 0 aromatic heterocycles. The van der Waals surface area contributed by atoms with Gasteiger partial charge in [0.2, 0.25) is 0 Å². The Bertz CT molecular complexity index is 611. The second kappa shape index (κ2) is 7.42. The Balaban J connectivity index is 2.17. The lowest BCUT2D eigenvalue weighted by Gasteiger charge is -2.10. The van der Waals surface area contributed by atoms with Crippen LogP contribution < -0.4 is 10.2 Å². The number of aliphatic hydroxyl groups excluding tert-OH is 1. The third-order valence-corrected chi connectivity index (χ3v) is 2.77. The molecule has 2 aromatic rings. The molecular weight excluding hydrogens is 273 g/mol. The molecule has 0 heterocycles. The molecule has 0 amide bonds. The minimum Gasteiger partial charge on any atom is -0.463 e. The summed E-state index contributed by atoms with van der Waals surface area (Å²) in [6.45, 7) is -0.0180. The lowest BCUT2D eigenvalue weighted by Crippen LogP contribution is -2.11. The molecule has 4 nitrogen and oxygen atoms in total. The largest absolute Gasteiger partial charge is 0.463 e. The van der Waals surface area contributed by atoms with Crippen molar-refractivity contribution < 1.29 is 19.1 Å². The molecular formula is C16H16FNO3. The van der Waals surface area contributed by atoms with Gasteiger partial charge in [0.25, 0.3) is 0 Å². The Hall–Kier alpha value is -2.37. The Morgan fingerprint density at radius 1 is 1.24 bits per heavy atom. The Morgan fingerprint density at radius 2 is 2.00 bits per heavy atom. The van der Waals surface area contributed by atoms with Crippen LogP contribution in [0.15, 0.2) is 54.8 Å². The molecule has 0 saturated heterocycles. The summed E-state index contributed by atoms with van der Waals surface area (Å²) in [4.78, 5) is 4.87. The highest BCUT2D eigenvalue weighted by Crippen LogP contribution is 2.17. The molecule has 5 heteroatoms. The van der Waals surface area contributed by atoms with Gasteiger partial charge in [0.1, 0.15) is 23.5 Å². The van der Waals surface area contributed by atoms with Crippen LogP contribution in [-0.2, 0) is 11.4 Å². The second-order valence-electron chi connectivity index (χ2n) is 4.27. The predicted molar refractivity (Wildman–Crippen MR) is 77.5 cm³/mol. The van der Waals surface area contributed by atoms with Crippen molar-refractivity contribution in [3.63, 3.8) is 0 Å². The number of nitrogens with one attached hydrogen (secondary N) is 1. The number of hydrogen-bond donors (Lipinski definition) is 2. The highest BCUT2D eigenvalue weighted by molar-refractivity contribution is 5.62. The summed E-state index contributed by atoms with van der Waals surface area (Å²) in [6, 6.07) is 13.1. The molecule has 2 N–H and O–H groups in total. The van der Waals surface area contributed by atoms with Crippen LogP contribution in [0, 0.1) is 5.82 Å². The Kier molecular flexibility index (Phi) is 5.31. The average Bonchev–Trinajstić information content (AvgIpc) is 2.52. The zero-order valence-electron chi connectivity index (χ0n) is 11.5. The van der Waals surface area contributed by atoms with Gasteiger partial charge < -0.3 is 9.84 Å². The van der Waals surface area contributed by atoms with Gasteiger partial charge in [-0.2, -0.15) is 0 Å². The number of halogens is 1. The van der Waals surface area contributed by atoms with Crippen LogP contribution in [0.2, 0.25) is 0 Å². The van der Waals surface area contributed by atoms with Crippen molar-refractivity contribution in [1.29, 1.82) is 0 Å². The van der Waals surface area contributed by atoms with Crippen LogP contribution in [0.3, 0.4) is 0 Å². The zero-order valence-corrected chi connectivity index (χ0v) is 11.5. The van der Waals surface area contributed by atoms with E-state index in [-0.39, 0.29) is 12.4 Å². The summed E-state index contributed by atoms with van der Waals surface area (Å²) in [6.07, 6.45) is 1.44. The molecule has 0 fully saturated rings. The summed E-state index contributed by atoms with van der Waals surface area (Å²) in [5.41, 5.74) is 4.54. The normalized spacial score (nSPS) is 11.3. The van der Waals surface area contributed by atoms with Crippen molar-refractivity contribution in [1.82, 2.24) is 5.48 Å². The summed E-state index contributed by atoms with van der Waals surface area (Å²) < 4.78 is 18.8. The van der Waals surface area contributed by atoms with E-state index in [1.165, 1.54) is 25.5 Å². The number of rotatable bonds is 6. The van der Waals surface area contributed by atoms with Crippen LogP contribution >= 0.6 is 0 Å². The van der Waals surface area contributed by atoms with Gasteiger partial charge in [-0.1, -0.05) is 24.3 Å². The molecule has 0 aliphatic rings. The molecule has 0 radical (unpaired) electrons. The van der Waals surface area contributed by atoms with Crippen molar-refractivity contribution in [2.24, 2.45) is 0 Å². The van der Waals surface area contributed by atoms with Crippen molar-refractivity contribution in [3.8, 4) is 5.75 Å². The molecule has 0 saturated carbocycles. The molecule has 2 aromatic carbocycles. The molecule has 2 rings (SSSR count). The van der Waals surface area contributed by atoms with Gasteiger partial charge in [0, 0.05) is 5.56 Å². The number of ether oxygens (including phenoxy) is 1. The summed E-state index contributed by atoms with van der Waals surface area (Å²) in [5, 5.41) is 8.98. The molecule has 0 aliphatic carbocycles. The van der Waals surface area contributed by atoms with Crippen LogP contribution in [-0.4, -0.2) is 12.2 Å². The second-order valence-corrected chi connectivity index (χ2v) is 4.27. The molecule has 0 spiro atoms.